The normalized spacial score (nSPS) is 18.0. The number of hydrogen-bond acceptors (Lipinski definition) is 3. The number of furan rings is 1. The summed E-state index contributed by atoms with van der Waals surface area (Å²) in [5.74, 6) is -0.392. The van der Waals surface area contributed by atoms with E-state index in [1.54, 1.807) is 24.0 Å². The molecule has 1 saturated heterocycles. The molecule has 0 spiro atoms. The van der Waals surface area contributed by atoms with Crippen LogP contribution in [0.4, 0.5) is 23.2 Å². The Labute approximate surface area is 170 Å². The first-order chi connectivity index (χ1) is 14.2. The van der Waals surface area contributed by atoms with Gasteiger partial charge in [0.2, 0.25) is 5.91 Å². The van der Waals surface area contributed by atoms with E-state index in [9.17, 15) is 22.4 Å². The molecule has 30 heavy (non-hydrogen) atoms. The van der Waals surface area contributed by atoms with Crippen LogP contribution in [0.2, 0.25) is 0 Å². The van der Waals surface area contributed by atoms with Crippen molar-refractivity contribution in [2.24, 2.45) is 5.92 Å². The van der Waals surface area contributed by atoms with Crippen LogP contribution in [0.25, 0.3) is 11.0 Å². The molecule has 2 heterocycles. The number of nitrogens with zero attached hydrogens (tertiary/aromatic N) is 1. The molecule has 0 unspecified atom stereocenters. The Bertz CT molecular complexity index is 1080. The molecule has 1 aliphatic heterocycles. The SMILES string of the molecule is C[C@@H](NC(=O)[C@H]1CCN(c2cccc(C(F)(F)F)c2)C1)c1cc2cc(F)ccc2o1. The minimum Gasteiger partial charge on any atom is -0.459 e. The van der Waals surface area contributed by atoms with Crippen molar-refractivity contribution in [1.82, 2.24) is 5.32 Å². The third kappa shape index (κ3) is 4.13. The van der Waals surface area contributed by atoms with Gasteiger partial charge in [-0.25, -0.2) is 4.39 Å². The zero-order valence-corrected chi connectivity index (χ0v) is 16.2. The highest BCUT2D eigenvalue weighted by Gasteiger charge is 2.33. The molecule has 1 aromatic heterocycles. The number of alkyl halides is 3. The van der Waals surface area contributed by atoms with Crippen LogP contribution in [0.1, 0.15) is 30.7 Å². The van der Waals surface area contributed by atoms with Crippen molar-refractivity contribution in [2.45, 2.75) is 25.6 Å². The summed E-state index contributed by atoms with van der Waals surface area (Å²) in [4.78, 5) is 14.5. The van der Waals surface area contributed by atoms with Crippen molar-refractivity contribution < 1.29 is 26.8 Å². The predicted octanol–water partition coefficient (Wildman–Crippen LogP) is 5.29. The summed E-state index contributed by atoms with van der Waals surface area (Å²) in [6.07, 6.45) is -3.86. The second kappa shape index (κ2) is 7.66. The molecule has 0 bridgehead atoms. The van der Waals surface area contributed by atoms with Gasteiger partial charge < -0.3 is 14.6 Å². The fourth-order valence-electron chi connectivity index (χ4n) is 3.74. The highest BCUT2D eigenvalue weighted by Crippen LogP contribution is 2.33. The van der Waals surface area contributed by atoms with Crippen LogP contribution in [0.3, 0.4) is 0 Å². The Kier molecular flexibility index (Phi) is 5.17. The van der Waals surface area contributed by atoms with Gasteiger partial charge in [-0.2, -0.15) is 13.2 Å². The van der Waals surface area contributed by atoms with Crippen molar-refractivity contribution in [3.8, 4) is 0 Å². The van der Waals surface area contributed by atoms with E-state index < -0.39 is 17.8 Å². The van der Waals surface area contributed by atoms with Crippen molar-refractivity contribution in [3.63, 3.8) is 0 Å². The molecule has 3 aromatic rings. The lowest BCUT2D eigenvalue weighted by atomic mass is 10.1. The standard InChI is InChI=1S/C22H20F4N2O2/c1-13(20-10-15-9-17(23)5-6-19(15)30-20)27-21(29)14-7-8-28(12-14)18-4-2-3-16(11-18)22(24,25)26/h2-6,9-11,13-14H,7-8,12H2,1H3,(H,27,29)/t13-,14+/m1/s1. The predicted molar refractivity (Wildman–Crippen MR) is 104 cm³/mol. The Balaban J connectivity index is 1.41. The molecule has 1 aliphatic rings. The highest BCUT2D eigenvalue weighted by atomic mass is 19.4. The minimum absolute atomic E-state index is 0.191. The van der Waals surface area contributed by atoms with E-state index in [1.807, 2.05) is 0 Å². The van der Waals surface area contributed by atoms with Gasteiger partial charge >= 0.3 is 6.18 Å². The third-order valence-corrected chi connectivity index (χ3v) is 5.38. The second-order valence-corrected chi connectivity index (χ2v) is 7.54. The first-order valence-electron chi connectivity index (χ1n) is 9.62. The van der Waals surface area contributed by atoms with Gasteiger partial charge in [0.1, 0.15) is 17.2 Å². The first kappa shape index (κ1) is 20.3. The summed E-state index contributed by atoms with van der Waals surface area (Å²) >= 11 is 0. The molecule has 158 valence electrons. The number of amides is 1. The van der Waals surface area contributed by atoms with E-state index in [0.29, 0.717) is 41.9 Å². The number of carbonyl (C=O) groups excluding carboxylic acids is 1. The summed E-state index contributed by atoms with van der Waals surface area (Å²) in [6.45, 7) is 2.61. The van der Waals surface area contributed by atoms with Gasteiger partial charge in [-0.3, -0.25) is 4.79 Å². The van der Waals surface area contributed by atoms with E-state index in [0.717, 1.165) is 12.1 Å². The average Bonchev–Trinajstić information content (AvgIpc) is 3.34. The smallest absolute Gasteiger partial charge is 0.416 e. The molecule has 2 atom stereocenters. The first-order valence-corrected chi connectivity index (χ1v) is 9.62. The van der Waals surface area contributed by atoms with E-state index in [-0.39, 0.29) is 17.6 Å². The molecule has 2 aromatic carbocycles. The van der Waals surface area contributed by atoms with E-state index in [2.05, 4.69) is 5.32 Å². The lowest BCUT2D eigenvalue weighted by molar-refractivity contribution is -0.137. The van der Waals surface area contributed by atoms with Crippen LogP contribution in [0.15, 0.2) is 52.9 Å². The topological polar surface area (TPSA) is 45.5 Å². The van der Waals surface area contributed by atoms with Crippen LogP contribution >= 0.6 is 0 Å². The molecule has 0 aliphatic carbocycles. The minimum atomic E-state index is -4.41. The monoisotopic (exact) mass is 420 g/mol. The molecule has 1 N–H and O–H groups in total. The van der Waals surface area contributed by atoms with Crippen molar-refractivity contribution in [1.29, 1.82) is 0 Å². The van der Waals surface area contributed by atoms with E-state index in [1.165, 1.54) is 24.3 Å². The van der Waals surface area contributed by atoms with Crippen LogP contribution < -0.4 is 10.2 Å². The highest BCUT2D eigenvalue weighted by molar-refractivity contribution is 5.81. The third-order valence-electron chi connectivity index (χ3n) is 5.38. The van der Waals surface area contributed by atoms with Gasteiger partial charge in [0, 0.05) is 24.2 Å². The van der Waals surface area contributed by atoms with Crippen LogP contribution in [-0.4, -0.2) is 19.0 Å². The molecule has 0 saturated carbocycles. The fraction of sp³-hybridized carbons (Fsp3) is 0.318. The second-order valence-electron chi connectivity index (χ2n) is 7.54. The van der Waals surface area contributed by atoms with Crippen LogP contribution in [0.5, 0.6) is 0 Å². The zero-order valence-electron chi connectivity index (χ0n) is 16.2. The maximum absolute atomic E-state index is 13.3. The number of hydrogen-bond donors (Lipinski definition) is 1. The Morgan fingerprint density at radius 3 is 2.77 bits per heavy atom. The number of halogens is 4. The summed E-state index contributed by atoms with van der Waals surface area (Å²) in [6, 6.07) is 10.6. The Morgan fingerprint density at radius 2 is 2.00 bits per heavy atom. The van der Waals surface area contributed by atoms with E-state index >= 15 is 0 Å². The van der Waals surface area contributed by atoms with Crippen molar-refractivity contribution in [3.05, 3.63) is 65.7 Å². The largest absolute Gasteiger partial charge is 0.459 e. The van der Waals surface area contributed by atoms with Gasteiger partial charge in [0.25, 0.3) is 0 Å². The van der Waals surface area contributed by atoms with Crippen molar-refractivity contribution in [2.75, 3.05) is 18.0 Å². The van der Waals surface area contributed by atoms with Crippen LogP contribution in [0, 0.1) is 11.7 Å². The molecule has 0 radical (unpaired) electrons. The molecule has 8 heteroatoms. The molecular formula is C22H20F4N2O2. The fourth-order valence-corrected chi connectivity index (χ4v) is 3.74. The Morgan fingerprint density at radius 1 is 1.20 bits per heavy atom. The van der Waals surface area contributed by atoms with Crippen molar-refractivity contribution >= 4 is 22.6 Å². The molecule has 1 amide bonds. The number of nitrogens with one attached hydrogen (secondary N) is 1. The van der Waals surface area contributed by atoms with Gasteiger partial charge in [-0.15, -0.1) is 0 Å². The molecule has 4 nitrogen and oxygen atoms in total. The molecular weight excluding hydrogens is 400 g/mol. The average molecular weight is 420 g/mol. The summed E-state index contributed by atoms with van der Waals surface area (Å²) in [5.41, 5.74) is 0.277. The summed E-state index contributed by atoms with van der Waals surface area (Å²) < 4.78 is 57.9. The summed E-state index contributed by atoms with van der Waals surface area (Å²) in [7, 11) is 0. The number of anilines is 1. The van der Waals surface area contributed by atoms with Crippen LogP contribution in [-0.2, 0) is 11.0 Å². The van der Waals surface area contributed by atoms with Gasteiger partial charge in [-0.05, 0) is 55.8 Å². The molecule has 1 fully saturated rings. The van der Waals surface area contributed by atoms with Gasteiger partial charge in [-0.1, -0.05) is 6.07 Å². The quantitative estimate of drug-likeness (QED) is 0.583. The maximum atomic E-state index is 13.3. The lowest BCUT2D eigenvalue weighted by Crippen LogP contribution is -2.34. The lowest BCUT2D eigenvalue weighted by Gasteiger charge is -2.20. The zero-order chi connectivity index (χ0) is 21.5. The maximum Gasteiger partial charge on any atom is 0.416 e. The van der Waals surface area contributed by atoms with Gasteiger partial charge in [0.05, 0.1) is 17.5 Å². The summed E-state index contributed by atoms with van der Waals surface area (Å²) in [5, 5.41) is 3.50. The number of rotatable bonds is 4. The number of carbonyl (C=O) groups is 1. The number of fused-ring (bicyclic) bond motifs is 1. The van der Waals surface area contributed by atoms with Gasteiger partial charge in [0.15, 0.2) is 0 Å². The molecule has 4 rings (SSSR count). The van der Waals surface area contributed by atoms with E-state index in [4.69, 9.17) is 4.42 Å². The Hall–Kier alpha value is -3.03. The number of benzene rings is 2.